The van der Waals surface area contributed by atoms with Crippen LogP contribution in [0.1, 0.15) is 16.7 Å². The van der Waals surface area contributed by atoms with Gasteiger partial charge < -0.3 is 4.74 Å². The largest absolute Gasteiger partial charge is 0.488 e. The number of aryl methyl sites for hydroxylation is 2. The standard InChI is InChI=1S/C15H14BrO/c1-11-5-3-6-12(2)15(11)17-10-13-7-4-8-14(16)9-13/h4-9H,10H2,1-2H3. The van der Waals surface area contributed by atoms with Crippen LogP contribution in [-0.4, -0.2) is 0 Å². The van der Waals surface area contributed by atoms with Gasteiger partial charge in [0.15, 0.2) is 0 Å². The number of halogens is 1. The Morgan fingerprint density at radius 3 is 2.53 bits per heavy atom. The number of rotatable bonds is 3. The van der Waals surface area contributed by atoms with E-state index in [1.807, 2.05) is 38.1 Å². The Bertz CT molecular complexity index is 500. The molecular weight excluding hydrogens is 276 g/mol. The van der Waals surface area contributed by atoms with E-state index in [0.717, 1.165) is 26.9 Å². The first-order valence-electron chi connectivity index (χ1n) is 5.51. The lowest BCUT2D eigenvalue weighted by Gasteiger charge is -2.11. The lowest BCUT2D eigenvalue weighted by Crippen LogP contribution is -1.98. The molecule has 1 radical (unpaired) electrons. The van der Waals surface area contributed by atoms with Crippen molar-refractivity contribution in [3.05, 3.63) is 63.6 Å². The minimum absolute atomic E-state index is 0.588. The van der Waals surface area contributed by atoms with Crippen LogP contribution in [0.5, 0.6) is 5.75 Å². The second-order valence-corrected chi connectivity index (χ2v) is 4.98. The highest BCUT2D eigenvalue weighted by molar-refractivity contribution is 9.10. The average molecular weight is 290 g/mol. The van der Waals surface area contributed by atoms with E-state index in [0.29, 0.717) is 6.61 Å². The SMILES string of the molecule is Cc1c[c]cc(C)c1OCc1cccc(Br)c1. The first-order chi connectivity index (χ1) is 8.16. The van der Waals surface area contributed by atoms with Gasteiger partial charge in [0, 0.05) is 4.47 Å². The van der Waals surface area contributed by atoms with E-state index in [1.54, 1.807) is 0 Å². The molecule has 2 heteroatoms. The zero-order valence-corrected chi connectivity index (χ0v) is 11.5. The normalized spacial score (nSPS) is 10.3. The molecule has 2 aromatic rings. The molecule has 0 amide bonds. The molecule has 0 bridgehead atoms. The fourth-order valence-corrected chi connectivity index (χ4v) is 2.19. The molecule has 17 heavy (non-hydrogen) atoms. The van der Waals surface area contributed by atoms with Gasteiger partial charge in [-0.15, -0.1) is 0 Å². The van der Waals surface area contributed by atoms with Gasteiger partial charge >= 0.3 is 0 Å². The third-order valence-corrected chi connectivity index (χ3v) is 3.08. The summed E-state index contributed by atoms with van der Waals surface area (Å²) in [5.74, 6) is 0.962. The molecule has 1 nitrogen and oxygen atoms in total. The van der Waals surface area contributed by atoms with Crippen LogP contribution in [-0.2, 0) is 6.61 Å². The van der Waals surface area contributed by atoms with E-state index in [-0.39, 0.29) is 0 Å². The molecule has 0 spiro atoms. The number of hydrogen-bond acceptors (Lipinski definition) is 1. The Balaban J connectivity index is 2.13. The Hall–Kier alpha value is -1.28. The molecule has 0 aliphatic carbocycles. The summed E-state index contributed by atoms with van der Waals surface area (Å²) >= 11 is 3.46. The first-order valence-corrected chi connectivity index (χ1v) is 6.30. The van der Waals surface area contributed by atoms with E-state index < -0.39 is 0 Å². The summed E-state index contributed by atoms with van der Waals surface area (Å²) in [5, 5.41) is 0. The molecule has 0 aliphatic heterocycles. The molecule has 0 aromatic heterocycles. The summed E-state index contributed by atoms with van der Waals surface area (Å²) in [5.41, 5.74) is 3.41. The van der Waals surface area contributed by atoms with E-state index in [4.69, 9.17) is 4.74 Å². The molecular formula is C15H14BrO. The van der Waals surface area contributed by atoms with Gasteiger partial charge in [0.2, 0.25) is 0 Å². The zero-order valence-electron chi connectivity index (χ0n) is 9.96. The van der Waals surface area contributed by atoms with Crippen LogP contribution >= 0.6 is 15.9 Å². The lowest BCUT2D eigenvalue weighted by molar-refractivity contribution is 0.302. The maximum absolute atomic E-state index is 5.87. The van der Waals surface area contributed by atoms with Gasteiger partial charge in [-0.1, -0.05) is 28.1 Å². The molecule has 2 aromatic carbocycles. The highest BCUT2D eigenvalue weighted by Crippen LogP contribution is 2.23. The molecule has 87 valence electrons. The molecule has 0 unspecified atom stereocenters. The van der Waals surface area contributed by atoms with Gasteiger partial charge in [-0.2, -0.15) is 0 Å². The van der Waals surface area contributed by atoms with Crippen molar-refractivity contribution < 1.29 is 4.74 Å². The molecule has 0 saturated carbocycles. The third-order valence-electron chi connectivity index (χ3n) is 2.59. The molecule has 0 N–H and O–H groups in total. The van der Waals surface area contributed by atoms with Crippen molar-refractivity contribution in [3.63, 3.8) is 0 Å². The number of benzene rings is 2. The minimum Gasteiger partial charge on any atom is -0.488 e. The van der Waals surface area contributed by atoms with Crippen LogP contribution in [0.3, 0.4) is 0 Å². The average Bonchev–Trinajstić information content (AvgIpc) is 2.28. The van der Waals surface area contributed by atoms with Gasteiger partial charge in [0.05, 0.1) is 0 Å². The predicted octanol–water partition coefficient (Wildman–Crippen LogP) is 4.45. The van der Waals surface area contributed by atoms with E-state index >= 15 is 0 Å². The summed E-state index contributed by atoms with van der Waals surface area (Å²) in [4.78, 5) is 0. The first kappa shape index (κ1) is 12.2. The summed E-state index contributed by atoms with van der Waals surface area (Å²) in [6.45, 7) is 4.67. The number of hydrogen-bond donors (Lipinski definition) is 0. The summed E-state index contributed by atoms with van der Waals surface area (Å²) in [6.07, 6.45) is 0. The zero-order chi connectivity index (χ0) is 12.3. The highest BCUT2D eigenvalue weighted by atomic mass is 79.9. The van der Waals surface area contributed by atoms with E-state index in [9.17, 15) is 0 Å². The van der Waals surface area contributed by atoms with Crippen molar-refractivity contribution >= 4 is 15.9 Å². The van der Waals surface area contributed by atoms with Crippen LogP contribution in [0.4, 0.5) is 0 Å². The second-order valence-electron chi connectivity index (χ2n) is 4.07. The number of ether oxygens (including phenoxy) is 1. The fraction of sp³-hybridized carbons (Fsp3) is 0.200. The molecule has 0 aliphatic rings. The molecule has 0 atom stereocenters. The van der Waals surface area contributed by atoms with Gasteiger partial charge in [0.25, 0.3) is 0 Å². The van der Waals surface area contributed by atoms with Crippen molar-refractivity contribution in [2.45, 2.75) is 20.5 Å². The smallest absolute Gasteiger partial charge is 0.125 e. The van der Waals surface area contributed by atoms with Crippen molar-refractivity contribution in [1.82, 2.24) is 0 Å². The van der Waals surface area contributed by atoms with Crippen molar-refractivity contribution in [2.75, 3.05) is 0 Å². The Labute approximate surface area is 111 Å². The van der Waals surface area contributed by atoms with Gasteiger partial charge in [-0.25, -0.2) is 0 Å². The molecule has 2 rings (SSSR count). The maximum atomic E-state index is 5.87. The van der Waals surface area contributed by atoms with Crippen LogP contribution < -0.4 is 4.74 Å². The van der Waals surface area contributed by atoms with Crippen LogP contribution in [0.25, 0.3) is 0 Å². The molecule has 0 fully saturated rings. The third kappa shape index (κ3) is 3.10. The van der Waals surface area contributed by atoms with E-state index in [2.05, 4.69) is 34.1 Å². The minimum atomic E-state index is 0.588. The summed E-state index contributed by atoms with van der Waals surface area (Å²) < 4.78 is 6.95. The van der Waals surface area contributed by atoms with Gasteiger partial charge in [0.1, 0.15) is 12.4 Å². The molecule has 0 saturated heterocycles. The van der Waals surface area contributed by atoms with Crippen molar-refractivity contribution in [3.8, 4) is 5.75 Å². The van der Waals surface area contributed by atoms with Crippen molar-refractivity contribution in [2.24, 2.45) is 0 Å². The summed E-state index contributed by atoms with van der Waals surface area (Å²) in [6, 6.07) is 15.1. The Kier molecular flexibility index (Phi) is 3.85. The van der Waals surface area contributed by atoms with Crippen LogP contribution in [0.2, 0.25) is 0 Å². The predicted molar refractivity (Wildman–Crippen MR) is 73.2 cm³/mol. The monoisotopic (exact) mass is 289 g/mol. The lowest BCUT2D eigenvalue weighted by atomic mass is 10.1. The van der Waals surface area contributed by atoms with Gasteiger partial charge in [-0.3, -0.25) is 0 Å². The quantitative estimate of drug-likeness (QED) is 0.811. The Morgan fingerprint density at radius 2 is 1.88 bits per heavy atom. The molecule has 0 heterocycles. The Morgan fingerprint density at radius 1 is 1.18 bits per heavy atom. The highest BCUT2D eigenvalue weighted by Gasteiger charge is 2.03. The van der Waals surface area contributed by atoms with Gasteiger partial charge in [-0.05, 0) is 60.9 Å². The van der Waals surface area contributed by atoms with Crippen LogP contribution in [0.15, 0.2) is 40.9 Å². The second kappa shape index (κ2) is 5.37. The summed E-state index contributed by atoms with van der Waals surface area (Å²) in [7, 11) is 0. The topological polar surface area (TPSA) is 9.23 Å². The van der Waals surface area contributed by atoms with Crippen LogP contribution in [0, 0.1) is 19.9 Å². The van der Waals surface area contributed by atoms with E-state index in [1.165, 1.54) is 0 Å². The maximum Gasteiger partial charge on any atom is 0.125 e. The van der Waals surface area contributed by atoms with Crippen molar-refractivity contribution in [1.29, 1.82) is 0 Å². The fourth-order valence-electron chi connectivity index (χ4n) is 1.74.